The van der Waals surface area contributed by atoms with Crippen molar-refractivity contribution in [1.82, 2.24) is 15.1 Å². The van der Waals surface area contributed by atoms with E-state index in [1.54, 1.807) is 0 Å². The van der Waals surface area contributed by atoms with Crippen molar-refractivity contribution in [3.63, 3.8) is 0 Å². The molecule has 1 unspecified atom stereocenters. The lowest BCUT2D eigenvalue weighted by Crippen LogP contribution is -2.37. The van der Waals surface area contributed by atoms with Gasteiger partial charge in [-0.1, -0.05) is 48.5 Å². The first-order chi connectivity index (χ1) is 14.1. The fourth-order valence-electron chi connectivity index (χ4n) is 3.75. The minimum Gasteiger partial charge on any atom is -0.493 e. The van der Waals surface area contributed by atoms with Crippen LogP contribution in [0, 0.1) is 13.8 Å². The summed E-state index contributed by atoms with van der Waals surface area (Å²) in [6, 6.07) is 18.5. The summed E-state index contributed by atoms with van der Waals surface area (Å²) in [5, 5.41) is 8.05. The van der Waals surface area contributed by atoms with Crippen molar-refractivity contribution in [2.45, 2.75) is 39.4 Å². The number of aromatic nitrogens is 2. The number of nitrogens with two attached hydrogens (primary N) is 1. The van der Waals surface area contributed by atoms with Crippen LogP contribution < -0.4 is 15.8 Å². The summed E-state index contributed by atoms with van der Waals surface area (Å²) in [4.78, 5) is 4.59. The molecule has 4 rings (SSSR count). The van der Waals surface area contributed by atoms with Gasteiger partial charge in [-0.15, -0.1) is 24.0 Å². The second-order valence-electron chi connectivity index (χ2n) is 7.37. The van der Waals surface area contributed by atoms with Gasteiger partial charge in [-0.05, 0) is 25.5 Å². The second-order valence-corrected chi connectivity index (χ2v) is 7.37. The van der Waals surface area contributed by atoms with Crippen molar-refractivity contribution in [3.05, 3.63) is 82.7 Å². The average Bonchev–Trinajstić information content (AvgIpc) is 3.00. The molecule has 158 valence electrons. The highest BCUT2D eigenvalue weighted by Crippen LogP contribution is 2.31. The van der Waals surface area contributed by atoms with Gasteiger partial charge in [0.1, 0.15) is 5.75 Å². The Hall–Kier alpha value is -2.55. The molecule has 0 saturated heterocycles. The van der Waals surface area contributed by atoms with Crippen molar-refractivity contribution < 1.29 is 4.74 Å². The highest BCUT2D eigenvalue weighted by atomic mass is 127. The highest BCUT2D eigenvalue weighted by Gasteiger charge is 2.21. The van der Waals surface area contributed by atoms with Crippen LogP contribution in [-0.4, -0.2) is 22.3 Å². The van der Waals surface area contributed by atoms with Crippen LogP contribution in [0.2, 0.25) is 0 Å². The summed E-state index contributed by atoms with van der Waals surface area (Å²) in [7, 11) is 0. The van der Waals surface area contributed by atoms with Crippen molar-refractivity contribution in [1.29, 1.82) is 0 Å². The number of aryl methyl sites for hydroxylation is 1. The third kappa shape index (κ3) is 4.95. The Morgan fingerprint density at radius 1 is 1.17 bits per heavy atom. The van der Waals surface area contributed by atoms with Crippen molar-refractivity contribution in [2.24, 2.45) is 10.7 Å². The fraction of sp³-hybridized carbons (Fsp3) is 0.304. The van der Waals surface area contributed by atoms with Crippen molar-refractivity contribution in [2.75, 3.05) is 6.61 Å². The first kappa shape index (κ1) is 22.1. The molecule has 30 heavy (non-hydrogen) atoms. The third-order valence-electron chi connectivity index (χ3n) is 5.39. The molecule has 1 aromatic heterocycles. The number of fused-ring (bicyclic) bond motifs is 1. The van der Waals surface area contributed by atoms with E-state index in [0.717, 1.165) is 41.2 Å². The Kier molecular flexibility index (Phi) is 7.36. The summed E-state index contributed by atoms with van der Waals surface area (Å²) in [5.41, 5.74) is 11.8. The van der Waals surface area contributed by atoms with Gasteiger partial charge >= 0.3 is 0 Å². The maximum atomic E-state index is 6.21. The van der Waals surface area contributed by atoms with Gasteiger partial charge in [0.2, 0.25) is 0 Å². The Balaban J connectivity index is 0.00000256. The Morgan fingerprint density at radius 2 is 1.90 bits per heavy atom. The first-order valence-corrected chi connectivity index (χ1v) is 9.97. The molecule has 1 aliphatic heterocycles. The minimum absolute atomic E-state index is 0. The molecule has 0 amide bonds. The maximum Gasteiger partial charge on any atom is 0.189 e. The Bertz CT molecular complexity index is 1020. The lowest BCUT2D eigenvalue weighted by molar-refractivity contribution is 0.262. The number of hydrogen-bond acceptors (Lipinski definition) is 3. The summed E-state index contributed by atoms with van der Waals surface area (Å²) >= 11 is 0. The largest absolute Gasteiger partial charge is 0.493 e. The van der Waals surface area contributed by atoms with E-state index in [4.69, 9.17) is 15.6 Å². The topological polar surface area (TPSA) is 77.5 Å². The highest BCUT2D eigenvalue weighted by molar-refractivity contribution is 14.0. The van der Waals surface area contributed by atoms with Crippen LogP contribution in [-0.2, 0) is 13.1 Å². The summed E-state index contributed by atoms with van der Waals surface area (Å²) in [6.07, 6.45) is 0.861. The molecular weight excluding hydrogens is 489 g/mol. The molecule has 3 aromatic rings. The lowest BCUT2D eigenvalue weighted by atomic mass is 10.0. The van der Waals surface area contributed by atoms with E-state index in [9.17, 15) is 0 Å². The van der Waals surface area contributed by atoms with Gasteiger partial charge in [-0.3, -0.25) is 4.68 Å². The molecule has 0 fully saturated rings. The number of guanidine groups is 1. The van der Waals surface area contributed by atoms with E-state index < -0.39 is 0 Å². The number of para-hydroxylation sites is 1. The quantitative estimate of drug-likeness (QED) is 0.304. The van der Waals surface area contributed by atoms with Gasteiger partial charge in [0, 0.05) is 23.2 Å². The van der Waals surface area contributed by atoms with E-state index >= 15 is 0 Å². The van der Waals surface area contributed by atoms with Crippen LogP contribution in [0.4, 0.5) is 0 Å². The Morgan fingerprint density at radius 3 is 2.70 bits per heavy atom. The van der Waals surface area contributed by atoms with Gasteiger partial charge in [0.15, 0.2) is 5.96 Å². The van der Waals surface area contributed by atoms with E-state index in [-0.39, 0.29) is 30.0 Å². The first-order valence-electron chi connectivity index (χ1n) is 9.97. The zero-order valence-electron chi connectivity index (χ0n) is 17.3. The summed E-state index contributed by atoms with van der Waals surface area (Å²) in [6.45, 7) is 6.05. The number of nitrogens with one attached hydrogen (secondary N) is 1. The van der Waals surface area contributed by atoms with Crippen LogP contribution in [0.25, 0.3) is 0 Å². The van der Waals surface area contributed by atoms with Gasteiger partial charge in [0.25, 0.3) is 0 Å². The second kappa shape index (κ2) is 9.97. The molecule has 1 atom stereocenters. The van der Waals surface area contributed by atoms with Crippen LogP contribution >= 0.6 is 24.0 Å². The number of benzene rings is 2. The number of halogens is 1. The molecule has 7 heteroatoms. The van der Waals surface area contributed by atoms with Crippen LogP contribution in [0.5, 0.6) is 5.75 Å². The fourth-order valence-corrected chi connectivity index (χ4v) is 3.75. The standard InChI is InChI=1S/C23H27N5O.HI/c1-16-20(17(2)28(27-16)15-18-8-4-3-5-9-18)14-25-23(24)26-21-12-13-29-22-11-7-6-10-19(21)22;/h3-11,21H,12-15H2,1-2H3,(H3,24,25,26);1H. The van der Waals surface area contributed by atoms with Gasteiger partial charge in [-0.25, -0.2) is 4.99 Å². The SMILES string of the molecule is Cc1nn(Cc2ccccc2)c(C)c1CN=C(N)NC1CCOc2ccccc21.I. The van der Waals surface area contributed by atoms with Gasteiger partial charge < -0.3 is 15.8 Å². The lowest BCUT2D eigenvalue weighted by Gasteiger charge is -2.26. The molecular formula is C23H28IN5O. The molecule has 2 aromatic carbocycles. The smallest absolute Gasteiger partial charge is 0.189 e. The van der Waals surface area contributed by atoms with E-state index in [1.165, 1.54) is 5.56 Å². The van der Waals surface area contributed by atoms with E-state index in [2.05, 4.69) is 35.4 Å². The average molecular weight is 517 g/mol. The molecule has 0 bridgehead atoms. The van der Waals surface area contributed by atoms with Gasteiger partial charge in [0.05, 0.1) is 31.4 Å². The molecule has 2 heterocycles. The zero-order valence-corrected chi connectivity index (χ0v) is 19.7. The van der Waals surface area contributed by atoms with E-state index in [0.29, 0.717) is 19.1 Å². The van der Waals surface area contributed by atoms with Crippen LogP contribution in [0.1, 0.15) is 40.5 Å². The number of hydrogen-bond donors (Lipinski definition) is 2. The third-order valence-corrected chi connectivity index (χ3v) is 5.39. The van der Waals surface area contributed by atoms with Crippen molar-refractivity contribution in [3.8, 4) is 5.75 Å². The predicted octanol–water partition coefficient (Wildman–Crippen LogP) is 4.09. The van der Waals surface area contributed by atoms with Crippen LogP contribution in [0.3, 0.4) is 0 Å². The molecule has 1 aliphatic rings. The summed E-state index contributed by atoms with van der Waals surface area (Å²) in [5.74, 6) is 1.36. The predicted molar refractivity (Wildman–Crippen MR) is 130 cm³/mol. The van der Waals surface area contributed by atoms with Crippen LogP contribution in [0.15, 0.2) is 59.6 Å². The minimum atomic E-state index is 0. The Labute approximate surface area is 194 Å². The van der Waals surface area contributed by atoms with Gasteiger partial charge in [-0.2, -0.15) is 5.10 Å². The molecule has 3 N–H and O–H groups in total. The normalized spacial score (nSPS) is 15.7. The monoisotopic (exact) mass is 517 g/mol. The molecule has 6 nitrogen and oxygen atoms in total. The number of nitrogens with zero attached hydrogens (tertiary/aromatic N) is 3. The zero-order chi connectivity index (χ0) is 20.2. The molecule has 0 spiro atoms. The maximum absolute atomic E-state index is 6.21. The number of aliphatic imine (C=N–C) groups is 1. The molecule has 0 aliphatic carbocycles. The summed E-state index contributed by atoms with van der Waals surface area (Å²) < 4.78 is 7.75. The van der Waals surface area contributed by atoms with Crippen molar-refractivity contribution >= 4 is 29.9 Å². The van der Waals surface area contributed by atoms with E-state index in [1.807, 2.05) is 48.0 Å². The number of rotatable bonds is 5. The molecule has 0 radical (unpaired) electrons. The molecule has 0 saturated carbocycles. The number of ether oxygens (including phenoxy) is 1.